The number of hydrogen-bond acceptors (Lipinski definition) is 4. The van der Waals surface area contributed by atoms with E-state index >= 15 is 0 Å². The Morgan fingerprint density at radius 1 is 1.19 bits per heavy atom. The minimum absolute atomic E-state index is 0.0630. The molecule has 3 atom stereocenters. The Bertz CT molecular complexity index is 695. The normalized spacial score (nSPS) is 20.6. The quantitative estimate of drug-likeness (QED) is 0.463. The van der Waals surface area contributed by atoms with Gasteiger partial charge in [0.05, 0.1) is 18.3 Å². The molecular formula is C24H40N4O3. The van der Waals surface area contributed by atoms with Crippen LogP contribution in [0.3, 0.4) is 0 Å². The molecule has 1 aliphatic rings. The van der Waals surface area contributed by atoms with Crippen LogP contribution in [0.2, 0.25) is 0 Å². The van der Waals surface area contributed by atoms with Crippen LogP contribution in [0.4, 0.5) is 0 Å². The van der Waals surface area contributed by atoms with Crippen molar-refractivity contribution >= 4 is 11.9 Å². The Kier molecular flexibility index (Phi) is 10.3. The van der Waals surface area contributed by atoms with Gasteiger partial charge in [-0.15, -0.1) is 0 Å². The maximum Gasteiger partial charge on any atom is 0.254 e. The SMILES string of the molecule is CCOC(CCNC(=NC)NCc1ccc(C(=O)N2CC(C)OC(C)C2)cc1)C(C)C. The van der Waals surface area contributed by atoms with Gasteiger partial charge in [0.1, 0.15) is 0 Å². The van der Waals surface area contributed by atoms with Crippen molar-refractivity contribution in [2.75, 3.05) is 33.3 Å². The van der Waals surface area contributed by atoms with E-state index in [9.17, 15) is 4.79 Å². The summed E-state index contributed by atoms with van der Waals surface area (Å²) in [7, 11) is 1.77. The molecule has 1 aromatic carbocycles. The van der Waals surface area contributed by atoms with Crippen molar-refractivity contribution in [1.29, 1.82) is 0 Å². The summed E-state index contributed by atoms with van der Waals surface area (Å²) in [6.45, 7) is 13.8. The van der Waals surface area contributed by atoms with Crippen molar-refractivity contribution in [1.82, 2.24) is 15.5 Å². The molecule has 7 heteroatoms. The molecule has 2 N–H and O–H groups in total. The van der Waals surface area contributed by atoms with Gasteiger partial charge in [-0.1, -0.05) is 26.0 Å². The van der Waals surface area contributed by atoms with Crippen molar-refractivity contribution in [3.63, 3.8) is 0 Å². The van der Waals surface area contributed by atoms with E-state index < -0.39 is 0 Å². The van der Waals surface area contributed by atoms with Gasteiger partial charge < -0.3 is 25.0 Å². The Morgan fingerprint density at radius 2 is 1.84 bits per heavy atom. The molecule has 1 aliphatic heterocycles. The smallest absolute Gasteiger partial charge is 0.254 e. The number of nitrogens with one attached hydrogen (secondary N) is 2. The molecule has 31 heavy (non-hydrogen) atoms. The van der Waals surface area contributed by atoms with Crippen LogP contribution >= 0.6 is 0 Å². The highest BCUT2D eigenvalue weighted by Gasteiger charge is 2.26. The van der Waals surface area contributed by atoms with Gasteiger partial charge in [0.2, 0.25) is 0 Å². The Hall–Kier alpha value is -2.12. The van der Waals surface area contributed by atoms with E-state index in [0.29, 0.717) is 31.1 Å². The van der Waals surface area contributed by atoms with E-state index in [1.165, 1.54) is 0 Å². The number of hydrogen-bond donors (Lipinski definition) is 2. The van der Waals surface area contributed by atoms with Gasteiger partial charge in [-0.05, 0) is 50.8 Å². The van der Waals surface area contributed by atoms with Gasteiger partial charge in [-0.25, -0.2) is 0 Å². The van der Waals surface area contributed by atoms with Crippen LogP contribution in [0, 0.1) is 5.92 Å². The molecule has 2 rings (SSSR count). The first-order valence-electron chi connectivity index (χ1n) is 11.4. The molecule has 7 nitrogen and oxygen atoms in total. The number of morpholine rings is 1. The second-order valence-corrected chi connectivity index (χ2v) is 8.54. The average Bonchev–Trinajstić information content (AvgIpc) is 2.74. The van der Waals surface area contributed by atoms with Crippen molar-refractivity contribution in [2.24, 2.45) is 10.9 Å². The predicted molar refractivity (Wildman–Crippen MR) is 125 cm³/mol. The van der Waals surface area contributed by atoms with Crippen molar-refractivity contribution < 1.29 is 14.3 Å². The van der Waals surface area contributed by atoms with Crippen LogP contribution in [0.5, 0.6) is 0 Å². The monoisotopic (exact) mass is 432 g/mol. The maximum absolute atomic E-state index is 12.8. The van der Waals surface area contributed by atoms with Crippen LogP contribution in [0.1, 0.15) is 57.0 Å². The number of rotatable bonds is 9. The first kappa shape index (κ1) is 25.1. The molecule has 1 aromatic rings. The second kappa shape index (κ2) is 12.7. The van der Waals surface area contributed by atoms with E-state index in [-0.39, 0.29) is 24.2 Å². The lowest BCUT2D eigenvalue weighted by atomic mass is 10.0. The molecule has 1 amide bonds. The molecule has 0 aromatic heterocycles. The third kappa shape index (κ3) is 8.15. The van der Waals surface area contributed by atoms with E-state index in [0.717, 1.165) is 31.1 Å². The minimum Gasteiger partial charge on any atom is -0.378 e. The highest BCUT2D eigenvalue weighted by atomic mass is 16.5. The molecule has 0 aliphatic carbocycles. The topological polar surface area (TPSA) is 75.2 Å². The summed E-state index contributed by atoms with van der Waals surface area (Å²) in [6, 6.07) is 7.78. The molecule has 1 fully saturated rings. The Balaban J connectivity index is 1.82. The molecule has 0 radical (unpaired) electrons. The van der Waals surface area contributed by atoms with Crippen LogP contribution in [0.15, 0.2) is 29.3 Å². The molecule has 174 valence electrons. The summed E-state index contributed by atoms with van der Waals surface area (Å²) < 4.78 is 11.5. The largest absolute Gasteiger partial charge is 0.378 e. The summed E-state index contributed by atoms with van der Waals surface area (Å²) >= 11 is 0. The van der Waals surface area contributed by atoms with Crippen molar-refractivity contribution in [3.05, 3.63) is 35.4 Å². The second-order valence-electron chi connectivity index (χ2n) is 8.54. The molecule has 1 saturated heterocycles. The fourth-order valence-corrected chi connectivity index (χ4v) is 3.85. The molecule has 3 unspecified atom stereocenters. The summed E-state index contributed by atoms with van der Waals surface area (Å²) in [6.07, 6.45) is 1.32. The lowest BCUT2D eigenvalue weighted by molar-refractivity contribution is -0.0586. The van der Waals surface area contributed by atoms with E-state index in [1.807, 2.05) is 49.9 Å². The van der Waals surface area contributed by atoms with Gasteiger partial charge in [-0.2, -0.15) is 0 Å². The zero-order valence-electron chi connectivity index (χ0n) is 20.0. The summed E-state index contributed by atoms with van der Waals surface area (Å²) in [5, 5.41) is 6.68. The number of ether oxygens (including phenoxy) is 2. The maximum atomic E-state index is 12.8. The van der Waals surface area contributed by atoms with Crippen LogP contribution in [0.25, 0.3) is 0 Å². The zero-order valence-corrected chi connectivity index (χ0v) is 20.0. The average molecular weight is 433 g/mol. The number of aliphatic imine (C=N–C) groups is 1. The van der Waals surface area contributed by atoms with Gasteiger partial charge >= 0.3 is 0 Å². The van der Waals surface area contributed by atoms with Gasteiger partial charge in [0.25, 0.3) is 5.91 Å². The van der Waals surface area contributed by atoms with Crippen LogP contribution in [-0.4, -0.2) is 68.4 Å². The fourth-order valence-electron chi connectivity index (χ4n) is 3.85. The third-order valence-electron chi connectivity index (χ3n) is 5.44. The highest BCUT2D eigenvalue weighted by Crippen LogP contribution is 2.15. The number of nitrogens with zero attached hydrogens (tertiary/aromatic N) is 2. The van der Waals surface area contributed by atoms with E-state index in [4.69, 9.17) is 9.47 Å². The lowest BCUT2D eigenvalue weighted by Crippen LogP contribution is -2.48. The van der Waals surface area contributed by atoms with Crippen molar-refractivity contribution in [2.45, 2.75) is 65.9 Å². The minimum atomic E-state index is 0.0630. The molecule has 0 saturated carbocycles. The van der Waals surface area contributed by atoms with E-state index in [1.54, 1.807) is 7.05 Å². The summed E-state index contributed by atoms with van der Waals surface area (Å²) in [5.41, 5.74) is 1.81. The standard InChI is InChI=1S/C24H40N4O3/c1-7-30-22(17(2)3)12-13-26-24(25-6)27-14-20-8-10-21(11-9-20)23(29)28-15-18(4)31-19(5)16-28/h8-11,17-19,22H,7,12-16H2,1-6H3,(H2,25,26,27). The third-order valence-corrected chi connectivity index (χ3v) is 5.44. The number of benzene rings is 1. The van der Waals surface area contributed by atoms with E-state index in [2.05, 4.69) is 29.5 Å². The highest BCUT2D eigenvalue weighted by molar-refractivity contribution is 5.94. The number of carbonyl (C=O) groups excluding carboxylic acids is 1. The van der Waals surface area contributed by atoms with Crippen molar-refractivity contribution in [3.8, 4) is 0 Å². The van der Waals surface area contributed by atoms with Gasteiger partial charge in [0.15, 0.2) is 5.96 Å². The number of amides is 1. The summed E-state index contributed by atoms with van der Waals surface area (Å²) in [4.78, 5) is 19.0. The summed E-state index contributed by atoms with van der Waals surface area (Å²) in [5.74, 6) is 1.31. The zero-order chi connectivity index (χ0) is 22.8. The molecule has 0 bridgehead atoms. The number of guanidine groups is 1. The van der Waals surface area contributed by atoms with Crippen LogP contribution < -0.4 is 10.6 Å². The molecule has 1 heterocycles. The van der Waals surface area contributed by atoms with Gasteiger partial charge in [-0.3, -0.25) is 9.79 Å². The molecular weight excluding hydrogens is 392 g/mol. The van der Waals surface area contributed by atoms with Crippen LogP contribution in [-0.2, 0) is 16.0 Å². The number of carbonyl (C=O) groups is 1. The van der Waals surface area contributed by atoms with Gasteiger partial charge in [0, 0.05) is 45.4 Å². The predicted octanol–water partition coefficient (Wildman–Crippen LogP) is 3.05. The Morgan fingerprint density at radius 3 is 2.39 bits per heavy atom. The molecule has 0 spiro atoms. The first-order valence-corrected chi connectivity index (χ1v) is 11.4. The lowest BCUT2D eigenvalue weighted by Gasteiger charge is -2.35. The fraction of sp³-hybridized carbons (Fsp3) is 0.667. The Labute approximate surface area is 187 Å². The first-order chi connectivity index (χ1) is 14.8.